The number of carbonyl (C=O) groups is 1. The van der Waals surface area contributed by atoms with Crippen molar-refractivity contribution in [1.82, 2.24) is 5.32 Å². The highest BCUT2D eigenvalue weighted by Crippen LogP contribution is 2.13. The second-order valence-electron chi connectivity index (χ2n) is 6.98. The number of rotatable bonds is 6. The molecule has 0 fully saturated rings. The second kappa shape index (κ2) is 9.68. The van der Waals surface area contributed by atoms with Gasteiger partial charge in [0, 0.05) is 24.1 Å². The zero-order valence-electron chi connectivity index (χ0n) is 16.0. The van der Waals surface area contributed by atoms with Crippen molar-refractivity contribution in [1.29, 1.82) is 0 Å². The molecule has 2 aromatic rings. The van der Waals surface area contributed by atoms with Crippen LogP contribution < -0.4 is 10.1 Å². The van der Waals surface area contributed by atoms with Gasteiger partial charge in [-0.15, -0.1) is 0 Å². The summed E-state index contributed by atoms with van der Waals surface area (Å²) in [6, 6.07) is 16.2. The standard InChI is InChI=1S/C23H27NO2/c1-17(2)16-26-23-13-11-21(12-14-23)6-5-20-7-9-22(10-8-20)15-18(3)24-19(4)25/h7-14,17-18H,15-16H2,1-4H3,(H,24,25). The fourth-order valence-corrected chi connectivity index (χ4v) is 2.52. The molecule has 0 heterocycles. The van der Waals surface area contributed by atoms with Gasteiger partial charge in [-0.1, -0.05) is 37.8 Å². The van der Waals surface area contributed by atoms with E-state index in [4.69, 9.17) is 4.74 Å². The third-order valence-electron chi connectivity index (χ3n) is 3.73. The maximum absolute atomic E-state index is 11.1. The van der Waals surface area contributed by atoms with Crippen LogP contribution in [-0.4, -0.2) is 18.6 Å². The van der Waals surface area contributed by atoms with Crippen molar-refractivity contribution in [3.63, 3.8) is 0 Å². The van der Waals surface area contributed by atoms with Gasteiger partial charge in [0.2, 0.25) is 5.91 Å². The molecule has 0 aliphatic heterocycles. The van der Waals surface area contributed by atoms with Gasteiger partial charge in [0.25, 0.3) is 0 Å². The molecule has 0 spiro atoms. The van der Waals surface area contributed by atoms with Crippen molar-refractivity contribution in [2.75, 3.05) is 6.61 Å². The predicted octanol–water partition coefficient (Wildman–Crippen LogP) is 4.19. The maximum Gasteiger partial charge on any atom is 0.217 e. The van der Waals surface area contributed by atoms with Crippen LogP contribution in [0.15, 0.2) is 48.5 Å². The molecule has 0 aliphatic rings. The smallest absolute Gasteiger partial charge is 0.217 e. The molecule has 3 nitrogen and oxygen atoms in total. The summed E-state index contributed by atoms with van der Waals surface area (Å²) in [5, 5.41) is 2.89. The monoisotopic (exact) mass is 349 g/mol. The van der Waals surface area contributed by atoms with E-state index in [0.29, 0.717) is 5.92 Å². The Bertz CT molecular complexity index is 765. The Labute approximate surface area is 156 Å². The van der Waals surface area contributed by atoms with Crippen LogP contribution in [-0.2, 0) is 11.2 Å². The molecule has 1 atom stereocenters. The average Bonchev–Trinajstić information content (AvgIpc) is 2.59. The lowest BCUT2D eigenvalue weighted by molar-refractivity contribution is -0.119. The van der Waals surface area contributed by atoms with Crippen molar-refractivity contribution >= 4 is 5.91 Å². The van der Waals surface area contributed by atoms with Gasteiger partial charge in [0.05, 0.1) is 6.61 Å². The highest BCUT2D eigenvalue weighted by molar-refractivity contribution is 5.73. The molecule has 0 aliphatic carbocycles. The summed E-state index contributed by atoms with van der Waals surface area (Å²) in [7, 11) is 0. The van der Waals surface area contributed by atoms with Crippen LogP contribution in [0.2, 0.25) is 0 Å². The Balaban J connectivity index is 1.94. The summed E-state index contributed by atoms with van der Waals surface area (Å²) >= 11 is 0. The zero-order chi connectivity index (χ0) is 18.9. The summed E-state index contributed by atoms with van der Waals surface area (Å²) in [6.07, 6.45) is 0.811. The van der Waals surface area contributed by atoms with E-state index in [1.807, 2.05) is 43.3 Å². The number of hydrogen-bond acceptors (Lipinski definition) is 2. The van der Waals surface area contributed by atoms with E-state index < -0.39 is 0 Å². The Kier molecular flexibility index (Phi) is 7.29. The summed E-state index contributed by atoms with van der Waals surface area (Å²) < 4.78 is 5.68. The number of amides is 1. The lowest BCUT2D eigenvalue weighted by atomic mass is 10.0. The lowest BCUT2D eigenvalue weighted by Gasteiger charge is -2.12. The minimum atomic E-state index is 0.000566. The molecule has 0 saturated carbocycles. The van der Waals surface area contributed by atoms with E-state index in [1.54, 1.807) is 0 Å². The molecule has 0 radical (unpaired) electrons. The minimum absolute atomic E-state index is 0.000566. The highest BCUT2D eigenvalue weighted by Gasteiger charge is 2.04. The summed E-state index contributed by atoms with van der Waals surface area (Å²) in [5.74, 6) is 7.75. The highest BCUT2D eigenvalue weighted by atomic mass is 16.5. The van der Waals surface area contributed by atoms with Crippen LogP contribution in [0.25, 0.3) is 0 Å². The molecule has 26 heavy (non-hydrogen) atoms. The molecule has 0 aromatic heterocycles. The molecule has 0 saturated heterocycles. The molecule has 1 amide bonds. The van der Waals surface area contributed by atoms with E-state index in [2.05, 4.69) is 43.1 Å². The minimum Gasteiger partial charge on any atom is -0.493 e. The lowest BCUT2D eigenvalue weighted by Crippen LogP contribution is -2.31. The predicted molar refractivity (Wildman–Crippen MR) is 106 cm³/mol. The van der Waals surface area contributed by atoms with Gasteiger partial charge in [-0.05, 0) is 61.2 Å². The fraction of sp³-hybridized carbons (Fsp3) is 0.348. The average molecular weight is 349 g/mol. The van der Waals surface area contributed by atoms with Crippen molar-refractivity contribution in [3.8, 4) is 17.6 Å². The number of carbonyl (C=O) groups excluding carboxylic acids is 1. The van der Waals surface area contributed by atoms with E-state index >= 15 is 0 Å². The van der Waals surface area contributed by atoms with Crippen LogP contribution in [0.3, 0.4) is 0 Å². The van der Waals surface area contributed by atoms with Crippen molar-refractivity contribution in [2.45, 2.75) is 40.2 Å². The second-order valence-corrected chi connectivity index (χ2v) is 6.98. The number of nitrogens with one attached hydrogen (secondary N) is 1. The maximum atomic E-state index is 11.1. The Morgan fingerprint density at radius 2 is 1.50 bits per heavy atom. The first-order chi connectivity index (χ1) is 12.4. The molecule has 0 bridgehead atoms. The van der Waals surface area contributed by atoms with Gasteiger partial charge < -0.3 is 10.1 Å². The Morgan fingerprint density at radius 1 is 0.962 bits per heavy atom. The molecule has 3 heteroatoms. The van der Waals surface area contributed by atoms with Gasteiger partial charge in [-0.2, -0.15) is 0 Å². The van der Waals surface area contributed by atoms with Gasteiger partial charge in [-0.25, -0.2) is 0 Å². The zero-order valence-corrected chi connectivity index (χ0v) is 16.0. The largest absolute Gasteiger partial charge is 0.493 e. The fourth-order valence-electron chi connectivity index (χ4n) is 2.52. The number of ether oxygens (including phenoxy) is 1. The molecular weight excluding hydrogens is 322 g/mol. The molecule has 2 rings (SSSR count). The first kappa shape index (κ1) is 19.6. The Morgan fingerprint density at radius 3 is 2.00 bits per heavy atom. The van der Waals surface area contributed by atoms with Crippen LogP contribution in [0.1, 0.15) is 44.4 Å². The van der Waals surface area contributed by atoms with E-state index in [0.717, 1.165) is 29.9 Å². The first-order valence-corrected chi connectivity index (χ1v) is 9.03. The normalized spacial score (nSPS) is 11.4. The van der Waals surface area contributed by atoms with Crippen LogP contribution >= 0.6 is 0 Å². The van der Waals surface area contributed by atoms with Gasteiger partial charge >= 0.3 is 0 Å². The Hall–Kier alpha value is -2.73. The third kappa shape index (κ3) is 7.03. The van der Waals surface area contributed by atoms with Crippen molar-refractivity contribution in [2.24, 2.45) is 5.92 Å². The van der Waals surface area contributed by atoms with E-state index in [9.17, 15) is 4.79 Å². The van der Waals surface area contributed by atoms with Crippen molar-refractivity contribution in [3.05, 3.63) is 65.2 Å². The van der Waals surface area contributed by atoms with Crippen molar-refractivity contribution < 1.29 is 9.53 Å². The van der Waals surface area contributed by atoms with Crippen LogP contribution in [0.5, 0.6) is 5.75 Å². The number of benzene rings is 2. The number of hydrogen-bond donors (Lipinski definition) is 1. The van der Waals surface area contributed by atoms with Gasteiger partial charge in [0.15, 0.2) is 0 Å². The third-order valence-corrected chi connectivity index (χ3v) is 3.73. The van der Waals surface area contributed by atoms with E-state index in [-0.39, 0.29) is 11.9 Å². The SMILES string of the molecule is CC(=O)NC(C)Cc1ccc(C#Cc2ccc(OCC(C)C)cc2)cc1. The van der Waals surface area contributed by atoms with Gasteiger partial charge in [0.1, 0.15) is 5.75 Å². The molecule has 136 valence electrons. The summed E-state index contributed by atoms with van der Waals surface area (Å²) in [6.45, 7) is 8.52. The molecule has 1 unspecified atom stereocenters. The topological polar surface area (TPSA) is 38.3 Å². The summed E-state index contributed by atoms with van der Waals surface area (Å²) in [5.41, 5.74) is 3.12. The first-order valence-electron chi connectivity index (χ1n) is 9.03. The van der Waals surface area contributed by atoms with Crippen LogP contribution in [0.4, 0.5) is 0 Å². The molecule has 2 aromatic carbocycles. The molecule has 1 N–H and O–H groups in total. The van der Waals surface area contributed by atoms with Crippen LogP contribution in [0, 0.1) is 17.8 Å². The van der Waals surface area contributed by atoms with Gasteiger partial charge in [-0.3, -0.25) is 4.79 Å². The van der Waals surface area contributed by atoms with E-state index in [1.165, 1.54) is 12.5 Å². The quantitative estimate of drug-likeness (QED) is 0.794. The summed E-state index contributed by atoms with van der Waals surface area (Å²) in [4.78, 5) is 11.1. The molecular formula is C23H27NO2.